The van der Waals surface area contributed by atoms with Gasteiger partial charge in [-0.1, -0.05) is 47.5 Å². The molecule has 0 aliphatic rings. The molecule has 0 aliphatic carbocycles. The third-order valence-electron chi connectivity index (χ3n) is 2.31. The van der Waals surface area contributed by atoms with E-state index in [2.05, 4.69) is 0 Å². The summed E-state index contributed by atoms with van der Waals surface area (Å²) in [6.07, 6.45) is 0.812. The summed E-state index contributed by atoms with van der Waals surface area (Å²) in [6.45, 7) is 0. The van der Waals surface area contributed by atoms with Crippen molar-refractivity contribution in [3.05, 3.63) is 58.1 Å². The zero-order valence-electron chi connectivity index (χ0n) is 8.28. The number of halogens is 2. The van der Waals surface area contributed by atoms with Gasteiger partial charge in [0, 0.05) is 21.2 Å². The first-order chi connectivity index (χ1) is 7.72. The first-order valence-electron chi connectivity index (χ1n) is 4.72. The minimum atomic E-state index is 0.582. The van der Waals surface area contributed by atoms with Gasteiger partial charge in [-0.25, -0.2) is 0 Å². The molecule has 0 heterocycles. The van der Waals surface area contributed by atoms with Crippen molar-refractivity contribution in [3.8, 4) is 11.1 Å². The third kappa shape index (κ3) is 2.11. The summed E-state index contributed by atoms with van der Waals surface area (Å²) in [5.41, 5.74) is 2.17. The third-order valence-corrected chi connectivity index (χ3v) is 2.87. The van der Waals surface area contributed by atoms with Gasteiger partial charge in [0.1, 0.15) is 0 Å². The summed E-state index contributed by atoms with van der Waals surface area (Å²) in [4.78, 5) is 10.9. The Hall–Kier alpha value is -1.31. The molecule has 0 aliphatic heterocycles. The van der Waals surface area contributed by atoms with E-state index in [0.29, 0.717) is 15.6 Å². The van der Waals surface area contributed by atoms with Crippen LogP contribution in [-0.2, 0) is 0 Å². The van der Waals surface area contributed by atoms with E-state index in [9.17, 15) is 4.79 Å². The summed E-state index contributed by atoms with van der Waals surface area (Å²) in [7, 11) is 0. The highest BCUT2D eigenvalue weighted by atomic mass is 35.5. The molecule has 2 aromatic rings. The highest BCUT2D eigenvalue weighted by Gasteiger charge is 2.08. The van der Waals surface area contributed by atoms with Gasteiger partial charge in [-0.3, -0.25) is 4.79 Å². The first kappa shape index (κ1) is 11.2. The zero-order chi connectivity index (χ0) is 11.5. The Kier molecular flexibility index (Phi) is 3.28. The molecule has 0 saturated heterocycles. The van der Waals surface area contributed by atoms with Gasteiger partial charge in [0.25, 0.3) is 0 Å². The van der Waals surface area contributed by atoms with E-state index in [-0.39, 0.29) is 0 Å². The summed E-state index contributed by atoms with van der Waals surface area (Å²) < 4.78 is 0. The van der Waals surface area contributed by atoms with Crippen molar-refractivity contribution in [1.29, 1.82) is 0 Å². The molecule has 0 spiro atoms. The molecular formula is C13H8Cl2O. The molecule has 0 atom stereocenters. The Morgan fingerprint density at radius 1 is 0.938 bits per heavy atom. The van der Waals surface area contributed by atoms with Crippen LogP contribution in [0.3, 0.4) is 0 Å². The van der Waals surface area contributed by atoms with E-state index in [1.165, 1.54) is 0 Å². The van der Waals surface area contributed by atoms with Crippen LogP contribution in [0.2, 0.25) is 10.0 Å². The van der Waals surface area contributed by atoms with E-state index in [1.54, 1.807) is 24.3 Å². The maximum absolute atomic E-state index is 10.9. The van der Waals surface area contributed by atoms with Crippen LogP contribution in [0.15, 0.2) is 42.5 Å². The van der Waals surface area contributed by atoms with Gasteiger partial charge in [0.15, 0.2) is 6.29 Å². The monoisotopic (exact) mass is 250 g/mol. The molecule has 0 N–H and O–H groups in total. The standard InChI is InChI=1S/C13H8Cl2O/c14-10-5-6-13(15)12(7-10)11-4-2-1-3-9(11)8-16/h1-8H. The maximum Gasteiger partial charge on any atom is 0.150 e. The molecule has 0 radical (unpaired) electrons. The molecule has 2 aromatic carbocycles. The fraction of sp³-hybridized carbons (Fsp3) is 0. The summed E-state index contributed by atoms with van der Waals surface area (Å²) in [5.74, 6) is 0. The van der Waals surface area contributed by atoms with Crippen LogP contribution < -0.4 is 0 Å². The lowest BCUT2D eigenvalue weighted by atomic mass is 10.0. The average Bonchev–Trinajstić information content (AvgIpc) is 2.32. The van der Waals surface area contributed by atoms with Crippen molar-refractivity contribution in [3.63, 3.8) is 0 Å². The molecule has 16 heavy (non-hydrogen) atoms. The lowest BCUT2D eigenvalue weighted by molar-refractivity contribution is 0.112. The Morgan fingerprint density at radius 3 is 2.44 bits per heavy atom. The molecule has 80 valence electrons. The van der Waals surface area contributed by atoms with Gasteiger partial charge >= 0.3 is 0 Å². The fourth-order valence-electron chi connectivity index (χ4n) is 1.55. The largest absolute Gasteiger partial charge is 0.298 e. The number of benzene rings is 2. The highest BCUT2D eigenvalue weighted by Crippen LogP contribution is 2.32. The number of aldehydes is 1. The fourth-order valence-corrected chi connectivity index (χ4v) is 1.94. The van der Waals surface area contributed by atoms with E-state index >= 15 is 0 Å². The molecule has 0 aromatic heterocycles. The lowest BCUT2D eigenvalue weighted by Gasteiger charge is -2.07. The van der Waals surface area contributed by atoms with Crippen LogP contribution in [0.25, 0.3) is 11.1 Å². The van der Waals surface area contributed by atoms with Crippen LogP contribution in [0.5, 0.6) is 0 Å². The minimum Gasteiger partial charge on any atom is -0.298 e. The van der Waals surface area contributed by atoms with Crippen molar-refractivity contribution >= 4 is 29.5 Å². The topological polar surface area (TPSA) is 17.1 Å². The summed E-state index contributed by atoms with van der Waals surface area (Å²) in [6, 6.07) is 12.5. The average molecular weight is 251 g/mol. The van der Waals surface area contributed by atoms with Crippen LogP contribution in [0.1, 0.15) is 10.4 Å². The summed E-state index contributed by atoms with van der Waals surface area (Å²) >= 11 is 12.0. The molecule has 1 nitrogen and oxygen atoms in total. The maximum atomic E-state index is 10.9. The smallest absolute Gasteiger partial charge is 0.150 e. The SMILES string of the molecule is O=Cc1ccccc1-c1cc(Cl)ccc1Cl. The Balaban J connectivity index is 2.66. The van der Waals surface area contributed by atoms with Gasteiger partial charge in [-0.15, -0.1) is 0 Å². The Labute approximate surface area is 104 Å². The molecule has 3 heteroatoms. The number of carbonyl (C=O) groups excluding carboxylic acids is 1. The second kappa shape index (κ2) is 4.69. The second-order valence-corrected chi connectivity index (χ2v) is 4.17. The molecule has 2 rings (SSSR count). The molecule has 0 fully saturated rings. The van der Waals surface area contributed by atoms with Gasteiger partial charge in [-0.05, 0) is 23.8 Å². The molecular weight excluding hydrogens is 243 g/mol. The quantitative estimate of drug-likeness (QED) is 0.719. The number of rotatable bonds is 2. The normalized spacial score (nSPS) is 10.1. The molecule has 0 unspecified atom stereocenters. The first-order valence-corrected chi connectivity index (χ1v) is 5.47. The van der Waals surface area contributed by atoms with Crippen LogP contribution in [-0.4, -0.2) is 6.29 Å². The van der Waals surface area contributed by atoms with E-state index < -0.39 is 0 Å². The van der Waals surface area contributed by atoms with Crippen LogP contribution >= 0.6 is 23.2 Å². The van der Waals surface area contributed by atoms with Gasteiger partial charge in [0.05, 0.1) is 0 Å². The Morgan fingerprint density at radius 2 is 1.69 bits per heavy atom. The van der Waals surface area contributed by atoms with Crippen molar-refractivity contribution in [2.45, 2.75) is 0 Å². The van der Waals surface area contributed by atoms with Crippen molar-refractivity contribution < 1.29 is 4.79 Å². The summed E-state index contributed by atoms with van der Waals surface area (Å²) in [5, 5.41) is 1.18. The number of hydrogen-bond donors (Lipinski definition) is 0. The van der Waals surface area contributed by atoms with E-state index in [0.717, 1.165) is 17.4 Å². The van der Waals surface area contributed by atoms with Crippen LogP contribution in [0.4, 0.5) is 0 Å². The number of hydrogen-bond acceptors (Lipinski definition) is 1. The second-order valence-electron chi connectivity index (χ2n) is 3.33. The molecule has 0 amide bonds. The van der Waals surface area contributed by atoms with Gasteiger partial charge in [-0.2, -0.15) is 0 Å². The Bertz CT molecular complexity index is 535. The predicted molar refractivity (Wildman–Crippen MR) is 67.3 cm³/mol. The van der Waals surface area contributed by atoms with E-state index in [4.69, 9.17) is 23.2 Å². The molecule has 0 saturated carbocycles. The van der Waals surface area contributed by atoms with Crippen molar-refractivity contribution in [2.75, 3.05) is 0 Å². The van der Waals surface area contributed by atoms with Crippen molar-refractivity contribution in [2.24, 2.45) is 0 Å². The van der Waals surface area contributed by atoms with E-state index in [1.807, 2.05) is 18.2 Å². The predicted octanol–water partition coefficient (Wildman–Crippen LogP) is 4.47. The van der Waals surface area contributed by atoms with Gasteiger partial charge < -0.3 is 0 Å². The number of carbonyl (C=O) groups is 1. The highest BCUT2D eigenvalue weighted by molar-refractivity contribution is 6.35. The lowest BCUT2D eigenvalue weighted by Crippen LogP contribution is -1.87. The molecule has 0 bridgehead atoms. The minimum absolute atomic E-state index is 0.582. The van der Waals surface area contributed by atoms with Gasteiger partial charge in [0.2, 0.25) is 0 Å². The zero-order valence-corrected chi connectivity index (χ0v) is 9.79. The van der Waals surface area contributed by atoms with Crippen molar-refractivity contribution in [1.82, 2.24) is 0 Å². The van der Waals surface area contributed by atoms with Crippen LogP contribution in [0, 0.1) is 0 Å².